The zero-order chi connectivity index (χ0) is 34.6. The molecule has 3 amide bonds. The minimum absolute atomic E-state index is 0.0516. The van der Waals surface area contributed by atoms with Crippen molar-refractivity contribution in [1.29, 1.82) is 0 Å². The molecule has 3 N–H and O–H groups in total. The molecule has 0 heterocycles. The van der Waals surface area contributed by atoms with E-state index in [1.165, 1.54) is 18.9 Å². The van der Waals surface area contributed by atoms with Crippen LogP contribution in [0.5, 0.6) is 11.5 Å². The van der Waals surface area contributed by atoms with Gasteiger partial charge in [0.25, 0.3) is 11.8 Å². The zero-order valence-electron chi connectivity index (χ0n) is 26.8. The Hall–Kier alpha value is -5.51. The Balaban J connectivity index is 1.27. The molecule has 1 atom stereocenters. The van der Waals surface area contributed by atoms with Crippen LogP contribution in [0.1, 0.15) is 28.4 Å². The fourth-order valence-corrected chi connectivity index (χ4v) is 5.79. The van der Waals surface area contributed by atoms with Gasteiger partial charge in [-0.05, 0) is 84.8 Å². The van der Waals surface area contributed by atoms with Gasteiger partial charge in [0.05, 0.1) is 17.4 Å². The van der Waals surface area contributed by atoms with Crippen molar-refractivity contribution in [3.63, 3.8) is 0 Å². The Morgan fingerprint density at radius 2 is 1.49 bits per heavy atom. The van der Waals surface area contributed by atoms with Gasteiger partial charge in [-0.1, -0.05) is 78.3 Å². The highest BCUT2D eigenvalue weighted by atomic mass is 35.5. The highest BCUT2D eigenvalue weighted by molar-refractivity contribution is 8.00. The van der Waals surface area contributed by atoms with Gasteiger partial charge < -0.3 is 25.4 Å². The van der Waals surface area contributed by atoms with Crippen molar-refractivity contribution in [2.75, 3.05) is 17.7 Å². The third-order valence-electron chi connectivity index (χ3n) is 7.16. The van der Waals surface area contributed by atoms with Crippen molar-refractivity contribution in [3.05, 3.63) is 155 Å². The van der Waals surface area contributed by atoms with E-state index in [1.807, 2.05) is 66.7 Å². The Morgan fingerprint density at radius 1 is 0.796 bits per heavy atom. The first-order valence-electron chi connectivity index (χ1n) is 15.3. The summed E-state index contributed by atoms with van der Waals surface area (Å²) in [7, 11) is 1.52. The molecule has 0 saturated carbocycles. The molecule has 10 heteroatoms. The fourth-order valence-electron chi connectivity index (χ4n) is 4.60. The normalized spacial score (nSPS) is 11.6. The molecule has 248 valence electrons. The van der Waals surface area contributed by atoms with Crippen LogP contribution in [0.15, 0.2) is 138 Å². The Labute approximate surface area is 294 Å². The number of halogens is 1. The molecule has 5 aromatic rings. The summed E-state index contributed by atoms with van der Waals surface area (Å²) >= 11 is 7.53. The SMILES string of the molecule is COc1ccc(NC(=O)C(C)Sc2cccc(NC(=O)/C(=C\c3ccc(OCc4ccccc4)cc3)NC(=O)c3ccccc3)c2)cc1Cl. The molecule has 5 aromatic carbocycles. The van der Waals surface area contributed by atoms with E-state index in [-0.39, 0.29) is 11.6 Å². The van der Waals surface area contributed by atoms with Gasteiger partial charge in [-0.15, -0.1) is 11.8 Å². The number of ether oxygens (including phenoxy) is 2. The van der Waals surface area contributed by atoms with Gasteiger partial charge in [-0.3, -0.25) is 14.4 Å². The van der Waals surface area contributed by atoms with Gasteiger partial charge in [0.15, 0.2) is 0 Å². The highest BCUT2D eigenvalue weighted by Crippen LogP contribution is 2.30. The maximum absolute atomic E-state index is 13.6. The Kier molecular flexibility index (Phi) is 12.1. The molecule has 0 spiro atoms. The first-order chi connectivity index (χ1) is 23.8. The average molecular weight is 692 g/mol. The Bertz CT molecular complexity index is 1940. The second-order valence-electron chi connectivity index (χ2n) is 10.8. The van der Waals surface area contributed by atoms with E-state index in [0.717, 1.165) is 10.5 Å². The van der Waals surface area contributed by atoms with Crippen LogP contribution in [0.3, 0.4) is 0 Å². The van der Waals surface area contributed by atoms with Gasteiger partial charge in [0.1, 0.15) is 23.8 Å². The third-order valence-corrected chi connectivity index (χ3v) is 8.55. The minimum atomic E-state index is -0.516. The summed E-state index contributed by atoms with van der Waals surface area (Å²) in [5, 5.41) is 8.43. The molecule has 0 aliphatic carbocycles. The number of carbonyl (C=O) groups excluding carboxylic acids is 3. The molecule has 8 nitrogen and oxygen atoms in total. The lowest BCUT2D eigenvalue weighted by Crippen LogP contribution is -2.30. The number of amides is 3. The van der Waals surface area contributed by atoms with Crippen LogP contribution < -0.4 is 25.4 Å². The predicted octanol–water partition coefficient (Wildman–Crippen LogP) is 8.46. The molecule has 0 aliphatic heterocycles. The number of benzene rings is 5. The summed E-state index contributed by atoms with van der Waals surface area (Å²) < 4.78 is 11.1. The van der Waals surface area contributed by atoms with Crippen molar-refractivity contribution in [2.24, 2.45) is 0 Å². The summed E-state index contributed by atoms with van der Waals surface area (Å²) in [4.78, 5) is 40.4. The lowest BCUT2D eigenvalue weighted by atomic mass is 10.1. The largest absolute Gasteiger partial charge is 0.495 e. The third kappa shape index (κ3) is 10.2. The smallest absolute Gasteiger partial charge is 0.272 e. The fraction of sp³-hybridized carbons (Fsp3) is 0.103. The first-order valence-corrected chi connectivity index (χ1v) is 16.6. The van der Waals surface area contributed by atoms with E-state index in [2.05, 4.69) is 16.0 Å². The standard InChI is InChI=1S/C39H34ClN3O5S/c1-26(37(44)41-31-18-21-36(47-2)34(40)24-31)49-33-15-9-14-30(23-33)42-39(46)35(43-38(45)29-12-7-4-8-13-29)22-27-16-19-32(20-17-27)48-25-28-10-5-3-6-11-28/h3-24,26H,25H2,1-2H3,(H,41,44)(H,42,46)(H,43,45)/b35-22+. The van der Waals surface area contributed by atoms with E-state index < -0.39 is 17.1 Å². The van der Waals surface area contributed by atoms with Crippen LogP contribution >= 0.6 is 23.4 Å². The molecule has 49 heavy (non-hydrogen) atoms. The van der Waals surface area contributed by atoms with Gasteiger partial charge in [0, 0.05) is 21.8 Å². The van der Waals surface area contributed by atoms with Crippen LogP contribution in [-0.4, -0.2) is 30.1 Å². The van der Waals surface area contributed by atoms with E-state index in [9.17, 15) is 14.4 Å². The number of nitrogens with one attached hydrogen (secondary N) is 3. The van der Waals surface area contributed by atoms with E-state index >= 15 is 0 Å². The molecule has 0 bridgehead atoms. The lowest BCUT2D eigenvalue weighted by Gasteiger charge is -2.14. The monoisotopic (exact) mass is 691 g/mol. The average Bonchev–Trinajstić information content (AvgIpc) is 3.12. The summed E-state index contributed by atoms with van der Waals surface area (Å²) in [5.41, 5.74) is 3.25. The summed E-state index contributed by atoms with van der Waals surface area (Å²) in [6, 6.07) is 37.9. The van der Waals surface area contributed by atoms with Gasteiger partial charge in [-0.2, -0.15) is 0 Å². The van der Waals surface area contributed by atoms with Crippen LogP contribution in [0, 0.1) is 0 Å². The quantitative estimate of drug-likeness (QED) is 0.0845. The van der Waals surface area contributed by atoms with Gasteiger partial charge >= 0.3 is 0 Å². The topological polar surface area (TPSA) is 106 Å². The minimum Gasteiger partial charge on any atom is -0.495 e. The lowest BCUT2D eigenvalue weighted by molar-refractivity contribution is -0.115. The molecule has 0 aromatic heterocycles. The number of methoxy groups -OCH3 is 1. The van der Waals surface area contributed by atoms with Gasteiger partial charge in [0.2, 0.25) is 5.91 Å². The highest BCUT2D eigenvalue weighted by Gasteiger charge is 2.18. The van der Waals surface area contributed by atoms with E-state index in [1.54, 1.807) is 73.7 Å². The number of anilines is 2. The van der Waals surface area contributed by atoms with Crippen molar-refractivity contribution in [2.45, 2.75) is 23.7 Å². The van der Waals surface area contributed by atoms with Crippen LogP contribution in [-0.2, 0) is 16.2 Å². The van der Waals surface area contributed by atoms with Crippen LogP contribution in [0.4, 0.5) is 11.4 Å². The number of rotatable bonds is 13. The molecule has 0 radical (unpaired) electrons. The summed E-state index contributed by atoms with van der Waals surface area (Å²) in [5.74, 6) is 0.0297. The predicted molar refractivity (Wildman–Crippen MR) is 196 cm³/mol. The molecular weight excluding hydrogens is 658 g/mol. The zero-order valence-corrected chi connectivity index (χ0v) is 28.4. The number of carbonyl (C=O) groups is 3. The number of thioether (sulfide) groups is 1. The van der Waals surface area contributed by atoms with Gasteiger partial charge in [-0.25, -0.2) is 0 Å². The van der Waals surface area contributed by atoms with E-state index in [4.69, 9.17) is 21.1 Å². The summed E-state index contributed by atoms with van der Waals surface area (Å²) in [6.07, 6.45) is 1.60. The molecule has 0 saturated heterocycles. The van der Waals surface area contributed by atoms with Crippen molar-refractivity contribution >= 4 is 58.5 Å². The number of hydrogen-bond acceptors (Lipinski definition) is 6. The second kappa shape index (κ2) is 17.1. The Morgan fingerprint density at radius 3 is 2.18 bits per heavy atom. The summed E-state index contributed by atoms with van der Waals surface area (Å²) in [6.45, 7) is 2.21. The van der Waals surface area contributed by atoms with E-state index in [0.29, 0.717) is 45.6 Å². The van der Waals surface area contributed by atoms with Crippen molar-refractivity contribution in [3.8, 4) is 11.5 Å². The van der Waals surface area contributed by atoms with Crippen LogP contribution in [0.25, 0.3) is 6.08 Å². The maximum atomic E-state index is 13.6. The number of hydrogen-bond donors (Lipinski definition) is 3. The van der Waals surface area contributed by atoms with Crippen LogP contribution in [0.2, 0.25) is 5.02 Å². The first kappa shape index (κ1) is 34.8. The molecule has 0 fully saturated rings. The van der Waals surface area contributed by atoms with Crippen molar-refractivity contribution in [1.82, 2.24) is 5.32 Å². The molecular formula is C39H34ClN3O5S. The molecule has 0 aliphatic rings. The van der Waals surface area contributed by atoms with Crippen molar-refractivity contribution < 1.29 is 23.9 Å². The molecule has 5 rings (SSSR count). The molecule has 1 unspecified atom stereocenters. The second-order valence-corrected chi connectivity index (χ2v) is 12.6. The maximum Gasteiger partial charge on any atom is 0.272 e.